The second-order valence-corrected chi connectivity index (χ2v) is 6.78. The Hall–Kier alpha value is -0.880. The molecule has 0 saturated heterocycles. The van der Waals surface area contributed by atoms with Crippen LogP contribution in [0.15, 0.2) is 36.4 Å². The van der Waals surface area contributed by atoms with E-state index in [1.54, 1.807) is 7.11 Å². The quantitative estimate of drug-likeness (QED) is 0.534. The number of likely N-dealkylation sites (N-methyl/N-ethyl adjacent to an activating group) is 1. The molecule has 0 amide bonds. The van der Waals surface area contributed by atoms with Gasteiger partial charge in [0.2, 0.25) is 0 Å². The molecule has 152 valence electrons. The van der Waals surface area contributed by atoms with E-state index in [-0.39, 0.29) is 24.8 Å². The fraction of sp³-hybridized carbons (Fsp3) is 0.368. The lowest BCUT2D eigenvalue weighted by molar-refractivity contribution is 0.284. The molecule has 2 rings (SSSR count). The number of benzene rings is 2. The largest absolute Gasteiger partial charge is 0.493 e. The van der Waals surface area contributed by atoms with Crippen molar-refractivity contribution in [3.8, 4) is 11.5 Å². The first kappa shape index (κ1) is 26.1. The predicted octanol–water partition coefficient (Wildman–Crippen LogP) is 5.08. The monoisotopic (exact) mass is 454 g/mol. The van der Waals surface area contributed by atoms with Crippen molar-refractivity contribution >= 4 is 48.0 Å². The van der Waals surface area contributed by atoms with Crippen LogP contribution in [0.5, 0.6) is 11.5 Å². The third kappa shape index (κ3) is 8.34. The third-order valence-corrected chi connectivity index (χ3v) is 4.33. The number of hydrogen-bond acceptors (Lipinski definition) is 4. The summed E-state index contributed by atoms with van der Waals surface area (Å²) in [5.41, 5.74) is 1.95. The lowest BCUT2D eigenvalue weighted by Crippen LogP contribution is -2.26. The van der Waals surface area contributed by atoms with Gasteiger partial charge in [-0.15, -0.1) is 24.8 Å². The summed E-state index contributed by atoms with van der Waals surface area (Å²) in [7, 11) is 5.71. The molecule has 0 bridgehead atoms. The van der Waals surface area contributed by atoms with Crippen LogP contribution >= 0.6 is 48.0 Å². The summed E-state index contributed by atoms with van der Waals surface area (Å²) in [5.74, 6) is 1.14. The zero-order valence-corrected chi connectivity index (χ0v) is 18.8. The van der Waals surface area contributed by atoms with Gasteiger partial charge in [-0.05, 0) is 37.9 Å². The summed E-state index contributed by atoms with van der Waals surface area (Å²) in [6.45, 7) is 2.92. The fourth-order valence-corrected chi connectivity index (χ4v) is 2.79. The minimum Gasteiger partial charge on any atom is -0.493 e. The van der Waals surface area contributed by atoms with Crippen LogP contribution in [0, 0.1) is 0 Å². The van der Waals surface area contributed by atoms with Gasteiger partial charge in [0, 0.05) is 30.2 Å². The minimum absolute atomic E-state index is 0. The van der Waals surface area contributed by atoms with Gasteiger partial charge in [0.1, 0.15) is 6.61 Å². The molecule has 0 unspecified atom stereocenters. The van der Waals surface area contributed by atoms with E-state index < -0.39 is 0 Å². The summed E-state index contributed by atoms with van der Waals surface area (Å²) in [5, 5.41) is 4.57. The molecule has 0 atom stereocenters. The van der Waals surface area contributed by atoms with Gasteiger partial charge in [-0.25, -0.2) is 0 Å². The average molecular weight is 456 g/mol. The van der Waals surface area contributed by atoms with E-state index in [1.165, 1.54) is 0 Å². The highest BCUT2D eigenvalue weighted by Crippen LogP contribution is 2.37. The molecule has 4 nitrogen and oxygen atoms in total. The molecule has 27 heavy (non-hydrogen) atoms. The normalized spacial score (nSPS) is 10.1. The van der Waals surface area contributed by atoms with Gasteiger partial charge in [0.25, 0.3) is 0 Å². The van der Waals surface area contributed by atoms with Crippen LogP contribution in [0.4, 0.5) is 0 Å². The van der Waals surface area contributed by atoms with Crippen molar-refractivity contribution < 1.29 is 9.47 Å². The Kier molecular flexibility index (Phi) is 12.9. The summed E-state index contributed by atoms with van der Waals surface area (Å²) >= 11 is 12.6. The average Bonchev–Trinajstić information content (AvgIpc) is 2.58. The van der Waals surface area contributed by atoms with Gasteiger partial charge < -0.3 is 19.7 Å². The van der Waals surface area contributed by atoms with Crippen molar-refractivity contribution in [1.82, 2.24) is 10.2 Å². The Balaban J connectivity index is 0.00000338. The lowest BCUT2D eigenvalue weighted by atomic mass is 10.2. The number of halogens is 4. The minimum atomic E-state index is 0. The van der Waals surface area contributed by atoms with Gasteiger partial charge in [-0.2, -0.15) is 0 Å². The van der Waals surface area contributed by atoms with Crippen LogP contribution in [-0.2, 0) is 13.2 Å². The summed E-state index contributed by atoms with van der Waals surface area (Å²) in [4.78, 5) is 2.13. The van der Waals surface area contributed by atoms with Crippen molar-refractivity contribution in [2.24, 2.45) is 0 Å². The summed E-state index contributed by atoms with van der Waals surface area (Å²) in [6, 6.07) is 11.4. The Morgan fingerprint density at radius 2 is 1.74 bits per heavy atom. The molecule has 0 fully saturated rings. The Morgan fingerprint density at radius 1 is 1.04 bits per heavy atom. The van der Waals surface area contributed by atoms with Crippen LogP contribution in [0.2, 0.25) is 10.0 Å². The van der Waals surface area contributed by atoms with E-state index in [1.807, 2.05) is 50.5 Å². The van der Waals surface area contributed by atoms with Crippen molar-refractivity contribution in [3.63, 3.8) is 0 Å². The lowest BCUT2D eigenvalue weighted by Gasteiger charge is -2.15. The second kappa shape index (κ2) is 13.3. The Bertz CT molecular complexity index is 699. The number of nitrogens with zero attached hydrogens (tertiary/aromatic N) is 1. The van der Waals surface area contributed by atoms with Gasteiger partial charge >= 0.3 is 0 Å². The first-order valence-electron chi connectivity index (χ1n) is 8.09. The van der Waals surface area contributed by atoms with E-state index in [9.17, 15) is 0 Å². The first-order chi connectivity index (χ1) is 12.0. The van der Waals surface area contributed by atoms with Gasteiger partial charge in [0.15, 0.2) is 11.5 Å². The van der Waals surface area contributed by atoms with E-state index >= 15 is 0 Å². The number of rotatable bonds is 9. The molecule has 0 aliphatic carbocycles. The molecule has 1 N–H and O–H groups in total. The maximum atomic E-state index is 6.41. The third-order valence-electron chi connectivity index (χ3n) is 3.68. The molecular formula is C19H26Cl4N2O2. The zero-order chi connectivity index (χ0) is 18.2. The number of nitrogens with one attached hydrogen (secondary N) is 1. The number of hydrogen-bond donors (Lipinski definition) is 1. The second-order valence-electron chi connectivity index (χ2n) is 5.97. The number of methoxy groups -OCH3 is 1. The molecule has 0 aliphatic rings. The van der Waals surface area contributed by atoms with Gasteiger partial charge in [0.05, 0.1) is 12.1 Å². The molecule has 0 heterocycles. The van der Waals surface area contributed by atoms with E-state index in [4.69, 9.17) is 32.7 Å². The Labute approximate surface area is 183 Å². The van der Waals surface area contributed by atoms with Crippen molar-refractivity contribution in [2.45, 2.75) is 13.2 Å². The van der Waals surface area contributed by atoms with Gasteiger partial charge in [-0.3, -0.25) is 0 Å². The van der Waals surface area contributed by atoms with E-state index in [0.29, 0.717) is 34.7 Å². The molecule has 0 radical (unpaired) electrons. The highest BCUT2D eigenvalue weighted by atomic mass is 35.5. The van der Waals surface area contributed by atoms with E-state index in [0.717, 1.165) is 24.2 Å². The van der Waals surface area contributed by atoms with Crippen molar-refractivity contribution in [1.29, 1.82) is 0 Å². The molecule has 2 aromatic rings. The Morgan fingerprint density at radius 3 is 2.37 bits per heavy atom. The van der Waals surface area contributed by atoms with E-state index in [2.05, 4.69) is 10.2 Å². The van der Waals surface area contributed by atoms with Crippen molar-refractivity contribution in [3.05, 3.63) is 57.6 Å². The molecule has 2 aromatic carbocycles. The molecule has 0 saturated carbocycles. The fourth-order valence-electron chi connectivity index (χ4n) is 2.32. The van der Waals surface area contributed by atoms with Crippen LogP contribution in [-0.4, -0.2) is 39.2 Å². The molecule has 8 heteroatoms. The van der Waals surface area contributed by atoms with Crippen LogP contribution in [0.25, 0.3) is 0 Å². The molecule has 0 aliphatic heterocycles. The maximum Gasteiger partial charge on any atom is 0.180 e. The topological polar surface area (TPSA) is 33.7 Å². The van der Waals surface area contributed by atoms with Crippen LogP contribution in [0.1, 0.15) is 11.1 Å². The first-order valence-corrected chi connectivity index (χ1v) is 8.85. The molecule has 0 spiro atoms. The number of ether oxygens (including phenoxy) is 2. The summed E-state index contributed by atoms with van der Waals surface area (Å²) in [6.07, 6.45) is 0. The predicted molar refractivity (Wildman–Crippen MR) is 119 cm³/mol. The highest BCUT2D eigenvalue weighted by Gasteiger charge is 2.13. The van der Waals surface area contributed by atoms with Gasteiger partial charge in [-0.1, -0.05) is 41.4 Å². The maximum absolute atomic E-state index is 6.41. The summed E-state index contributed by atoms with van der Waals surface area (Å²) < 4.78 is 11.3. The SMILES string of the molecule is COc1cc(CNCCN(C)C)cc(Cl)c1OCc1ccccc1Cl.Cl.Cl. The standard InChI is InChI=1S/C19H24Cl2N2O2.2ClH/c1-23(2)9-8-22-12-14-10-17(21)19(18(11-14)24-3)25-13-15-6-4-5-7-16(15)20;;/h4-7,10-11,22H,8-9,12-13H2,1-3H3;2*1H. The van der Waals surface area contributed by atoms with Crippen molar-refractivity contribution in [2.75, 3.05) is 34.3 Å². The molecular weight excluding hydrogens is 430 g/mol. The van der Waals surface area contributed by atoms with Crippen LogP contribution in [0.3, 0.4) is 0 Å². The zero-order valence-electron chi connectivity index (χ0n) is 15.6. The molecule has 0 aromatic heterocycles. The smallest absolute Gasteiger partial charge is 0.180 e. The highest BCUT2D eigenvalue weighted by molar-refractivity contribution is 6.32. The van der Waals surface area contributed by atoms with Crippen LogP contribution < -0.4 is 14.8 Å².